The topological polar surface area (TPSA) is 26.3 Å². The van der Waals surface area contributed by atoms with Gasteiger partial charge in [-0.25, -0.2) is 0 Å². The molecular weight excluding hydrogens is 356 g/mol. The molecule has 5 fully saturated rings. The van der Waals surface area contributed by atoms with E-state index in [2.05, 4.69) is 34.6 Å². The molecule has 0 radical (unpaired) electrons. The third kappa shape index (κ3) is 2.86. The normalized spacial score (nSPS) is 54.1. The molecule has 1 aliphatic heterocycles. The molecule has 10 unspecified atom stereocenters. The summed E-state index contributed by atoms with van der Waals surface area (Å²) < 4.78 is 6.71. The number of Topliss-reactive ketones (excluding diaryl/α,β-unsaturated/α-hetero) is 1. The number of carbonyl (C=O) groups is 1. The zero-order valence-corrected chi connectivity index (χ0v) is 19.6. The first-order valence-electron chi connectivity index (χ1n) is 13.0. The van der Waals surface area contributed by atoms with Gasteiger partial charge in [0, 0.05) is 17.8 Å². The van der Waals surface area contributed by atoms with Gasteiger partial charge in [-0.1, -0.05) is 47.5 Å². The average molecular weight is 401 g/mol. The summed E-state index contributed by atoms with van der Waals surface area (Å²) in [5.74, 6) is 5.24. The van der Waals surface area contributed by atoms with Gasteiger partial charge >= 0.3 is 0 Å². The van der Waals surface area contributed by atoms with Crippen molar-refractivity contribution in [2.45, 2.75) is 111 Å². The maximum absolute atomic E-state index is 13.9. The first-order chi connectivity index (χ1) is 13.8. The molecule has 0 aromatic carbocycles. The van der Waals surface area contributed by atoms with Gasteiger partial charge in [-0.2, -0.15) is 0 Å². The lowest BCUT2D eigenvalue weighted by Gasteiger charge is -2.60. The minimum atomic E-state index is -0.115. The summed E-state index contributed by atoms with van der Waals surface area (Å²) in [7, 11) is 0. The van der Waals surface area contributed by atoms with E-state index >= 15 is 0 Å². The van der Waals surface area contributed by atoms with Gasteiger partial charge < -0.3 is 4.74 Å². The second-order valence-electron chi connectivity index (χ2n) is 12.6. The van der Waals surface area contributed by atoms with Crippen molar-refractivity contribution in [1.82, 2.24) is 0 Å². The number of hydrogen-bond donors (Lipinski definition) is 0. The van der Waals surface area contributed by atoms with E-state index in [1.165, 1.54) is 51.4 Å². The monoisotopic (exact) mass is 400 g/mol. The number of carbonyl (C=O) groups excluding carboxylic acids is 1. The van der Waals surface area contributed by atoms with Crippen LogP contribution in [0.25, 0.3) is 0 Å². The third-order valence-corrected chi connectivity index (χ3v) is 11.1. The molecule has 5 rings (SSSR count). The van der Waals surface area contributed by atoms with Crippen LogP contribution in [0.3, 0.4) is 0 Å². The predicted octanol–water partition coefficient (Wildman–Crippen LogP) is 6.66. The van der Waals surface area contributed by atoms with Crippen LogP contribution in [0.5, 0.6) is 0 Å². The van der Waals surface area contributed by atoms with Crippen LogP contribution in [0.15, 0.2) is 0 Å². The van der Waals surface area contributed by atoms with Crippen molar-refractivity contribution in [3.8, 4) is 0 Å². The SMILES string of the molecule is CC(C)CCC1OC2CC3C4CCC5CCCCC5(C)C4CC(=O)C3(C)C2C1C. The molecule has 2 nitrogen and oxygen atoms in total. The van der Waals surface area contributed by atoms with Crippen LogP contribution < -0.4 is 0 Å². The highest BCUT2D eigenvalue weighted by atomic mass is 16.5. The Bertz CT molecular complexity index is 655. The molecule has 4 saturated carbocycles. The summed E-state index contributed by atoms with van der Waals surface area (Å²) in [4.78, 5) is 13.9. The molecule has 0 N–H and O–H groups in total. The van der Waals surface area contributed by atoms with Gasteiger partial charge in [-0.15, -0.1) is 0 Å². The first kappa shape index (κ1) is 20.5. The summed E-state index contributed by atoms with van der Waals surface area (Å²) in [6.07, 6.45) is 13.6. The highest BCUT2D eigenvalue weighted by Gasteiger charge is 2.68. The minimum absolute atomic E-state index is 0.115. The Morgan fingerprint density at radius 1 is 1.10 bits per heavy atom. The quantitative estimate of drug-likeness (QED) is 0.529. The molecule has 10 atom stereocenters. The molecule has 0 aromatic heterocycles. The molecule has 164 valence electrons. The average Bonchev–Trinajstić information content (AvgIpc) is 3.15. The molecule has 2 heteroatoms. The maximum Gasteiger partial charge on any atom is 0.139 e. The van der Waals surface area contributed by atoms with Gasteiger partial charge in [0.05, 0.1) is 12.2 Å². The Morgan fingerprint density at radius 3 is 2.66 bits per heavy atom. The summed E-state index contributed by atoms with van der Waals surface area (Å²) in [5, 5.41) is 0. The number of ether oxygens (including phenoxy) is 1. The number of fused-ring (bicyclic) bond motifs is 7. The van der Waals surface area contributed by atoms with Crippen molar-refractivity contribution in [2.24, 2.45) is 52.3 Å². The van der Waals surface area contributed by atoms with Gasteiger partial charge in [0.2, 0.25) is 0 Å². The van der Waals surface area contributed by atoms with E-state index in [0.29, 0.717) is 47.1 Å². The highest BCUT2D eigenvalue weighted by Crippen LogP contribution is 2.69. The van der Waals surface area contributed by atoms with Gasteiger partial charge in [0.25, 0.3) is 0 Å². The first-order valence-corrected chi connectivity index (χ1v) is 13.0. The van der Waals surface area contributed by atoms with Crippen LogP contribution in [0, 0.1) is 52.3 Å². The summed E-state index contributed by atoms with van der Waals surface area (Å²) in [5.41, 5.74) is 0.317. The van der Waals surface area contributed by atoms with E-state index in [4.69, 9.17) is 4.74 Å². The lowest BCUT2D eigenvalue weighted by Crippen LogP contribution is -2.56. The van der Waals surface area contributed by atoms with E-state index in [1.54, 1.807) is 0 Å². The fourth-order valence-corrected chi connectivity index (χ4v) is 9.48. The van der Waals surface area contributed by atoms with Crippen molar-refractivity contribution in [1.29, 1.82) is 0 Å². The van der Waals surface area contributed by atoms with E-state index in [1.807, 2.05) is 0 Å². The Morgan fingerprint density at radius 2 is 1.90 bits per heavy atom. The molecule has 0 aromatic rings. The molecule has 1 heterocycles. The van der Waals surface area contributed by atoms with E-state index in [9.17, 15) is 4.79 Å². The molecule has 29 heavy (non-hydrogen) atoms. The Labute approximate surface area is 178 Å². The van der Waals surface area contributed by atoms with Crippen LogP contribution in [0.4, 0.5) is 0 Å². The lowest BCUT2D eigenvalue weighted by molar-refractivity contribution is -0.157. The molecule has 5 aliphatic rings. The largest absolute Gasteiger partial charge is 0.374 e. The van der Waals surface area contributed by atoms with Gasteiger partial charge in [-0.05, 0) is 85.9 Å². The standard InChI is InChI=1S/C27H44O2/c1-16(2)9-12-22-17(3)25-23(29-22)14-21-19-11-10-18-8-6-7-13-26(18,4)20(19)15-24(28)27(21,25)5/h16-23,25H,6-15H2,1-5H3. The maximum atomic E-state index is 13.9. The van der Waals surface area contributed by atoms with E-state index < -0.39 is 0 Å². The Hall–Kier alpha value is -0.370. The summed E-state index contributed by atoms with van der Waals surface area (Å²) in [6, 6.07) is 0. The predicted molar refractivity (Wildman–Crippen MR) is 118 cm³/mol. The fraction of sp³-hybridized carbons (Fsp3) is 0.963. The molecular formula is C27H44O2. The second kappa shape index (κ2) is 7.07. The van der Waals surface area contributed by atoms with Crippen molar-refractivity contribution in [2.75, 3.05) is 0 Å². The number of ketones is 1. The Kier molecular flexibility index (Phi) is 5.01. The van der Waals surface area contributed by atoms with Crippen molar-refractivity contribution in [3.05, 3.63) is 0 Å². The van der Waals surface area contributed by atoms with E-state index in [0.717, 1.165) is 30.6 Å². The molecule has 0 amide bonds. The molecule has 0 bridgehead atoms. The third-order valence-electron chi connectivity index (χ3n) is 11.1. The van der Waals surface area contributed by atoms with Crippen LogP contribution in [-0.4, -0.2) is 18.0 Å². The molecule has 0 spiro atoms. The lowest BCUT2D eigenvalue weighted by atomic mass is 9.44. The van der Waals surface area contributed by atoms with Gasteiger partial charge in [-0.3, -0.25) is 4.79 Å². The molecule has 1 saturated heterocycles. The minimum Gasteiger partial charge on any atom is -0.374 e. The van der Waals surface area contributed by atoms with E-state index in [-0.39, 0.29) is 5.41 Å². The fourth-order valence-electron chi connectivity index (χ4n) is 9.48. The Balaban J connectivity index is 1.41. The van der Waals surface area contributed by atoms with Crippen molar-refractivity contribution >= 4 is 5.78 Å². The van der Waals surface area contributed by atoms with Crippen molar-refractivity contribution < 1.29 is 9.53 Å². The molecule has 4 aliphatic carbocycles. The van der Waals surface area contributed by atoms with Crippen molar-refractivity contribution in [3.63, 3.8) is 0 Å². The highest BCUT2D eigenvalue weighted by molar-refractivity contribution is 5.87. The zero-order chi connectivity index (χ0) is 20.6. The smallest absolute Gasteiger partial charge is 0.139 e. The van der Waals surface area contributed by atoms with Gasteiger partial charge in [0.1, 0.15) is 5.78 Å². The second-order valence-corrected chi connectivity index (χ2v) is 12.6. The van der Waals surface area contributed by atoms with Crippen LogP contribution in [-0.2, 0) is 9.53 Å². The number of rotatable bonds is 3. The zero-order valence-electron chi connectivity index (χ0n) is 19.6. The number of hydrogen-bond acceptors (Lipinski definition) is 2. The van der Waals surface area contributed by atoms with Gasteiger partial charge in [0.15, 0.2) is 0 Å². The van der Waals surface area contributed by atoms with Crippen LogP contribution >= 0.6 is 0 Å². The van der Waals surface area contributed by atoms with Crippen LogP contribution in [0.2, 0.25) is 0 Å². The summed E-state index contributed by atoms with van der Waals surface area (Å²) >= 11 is 0. The van der Waals surface area contributed by atoms with Crippen LogP contribution in [0.1, 0.15) is 98.8 Å². The summed E-state index contributed by atoms with van der Waals surface area (Å²) in [6.45, 7) is 12.0.